The van der Waals surface area contributed by atoms with Gasteiger partial charge < -0.3 is 18.9 Å². The smallest absolute Gasteiger partial charge is 0.330 e. The molecule has 1 saturated heterocycles. The number of nitrogens with one attached hydrogen (secondary N) is 1. The van der Waals surface area contributed by atoms with E-state index < -0.39 is 53.2 Å². The second-order valence-electron chi connectivity index (χ2n) is 6.15. The fourth-order valence-electron chi connectivity index (χ4n) is 2.95. The first-order valence-electron chi connectivity index (χ1n) is 8.01. The maximum absolute atomic E-state index is 12.2. The van der Waals surface area contributed by atoms with Crippen LogP contribution in [0.25, 0.3) is 0 Å². The van der Waals surface area contributed by atoms with Crippen LogP contribution in [0.1, 0.15) is 33.9 Å². The minimum Gasteiger partial charge on any atom is -0.463 e. The number of esters is 3. The Bertz CT molecular complexity index is 858. The number of hydrogen-bond acceptors (Lipinski definition) is 9. The molecule has 0 aromatic carbocycles. The predicted octanol–water partition coefficient (Wildman–Crippen LogP) is -0.749. The van der Waals surface area contributed by atoms with Crippen LogP contribution in [0.5, 0.6) is 0 Å². The Labute approximate surface area is 153 Å². The zero-order valence-electron chi connectivity index (χ0n) is 15.2. The number of H-pyrrole nitrogens is 1. The molecule has 1 N–H and O–H groups in total. The molecule has 0 amide bonds. The number of carbonyl (C=O) groups excluding carboxylic acids is 3. The molecule has 0 radical (unpaired) electrons. The summed E-state index contributed by atoms with van der Waals surface area (Å²) in [6.07, 6.45) is -2.30. The Balaban J connectivity index is 2.53. The third-order valence-electron chi connectivity index (χ3n) is 3.91. The van der Waals surface area contributed by atoms with Gasteiger partial charge in [-0.1, -0.05) is 0 Å². The molecule has 4 atom stereocenters. The fraction of sp³-hybridized carbons (Fsp3) is 0.562. The second-order valence-corrected chi connectivity index (χ2v) is 6.15. The van der Waals surface area contributed by atoms with Crippen LogP contribution in [-0.4, -0.2) is 51.9 Å². The summed E-state index contributed by atoms with van der Waals surface area (Å²) in [5.74, 6) is -2.00. The maximum Gasteiger partial charge on any atom is 0.330 e. The van der Waals surface area contributed by atoms with Crippen molar-refractivity contribution in [3.63, 3.8) is 0 Å². The van der Waals surface area contributed by atoms with Crippen LogP contribution in [0.15, 0.2) is 21.9 Å². The number of rotatable bonds is 5. The van der Waals surface area contributed by atoms with Crippen molar-refractivity contribution >= 4 is 17.9 Å². The van der Waals surface area contributed by atoms with Gasteiger partial charge in [0.2, 0.25) is 0 Å². The lowest BCUT2D eigenvalue weighted by Gasteiger charge is -2.34. The number of aromatic nitrogens is 2. The molecule has 11 heteroatoms. The van der Waals surface area contributed by atoms with Gasteiger partial charge in [-0.2, -0.15) is 0 Å². The van der Waals surface area contributed by atoms with Crippen molar-refractivity contribution in [3.05, 3.63) is 33.1 Å². The molecule has 148 valence electrons. The first kappa shape index (κ1) is 20.4. The molecule has 2 rings (SSSR count). The molecule has 0 aliphatic carbocycles. The minimum absolute atomic E-state index is 0.307. The highest BCUT2D eigenvalue weighted by atomic mass is 16.7. The third kappa shape index (κ3) is 4.42. The van der Waals surface area contributed by atoms with Gasteiger partial charge in [-0.3, -0.25) is 28.7 Å². The molecule has 2 heterocycles. The van der Waals surface area contributed by atoms with Gasteiger partial charge >= 0.3 is 23.6 Å². The van der Waals surface area contributed by atoms with E-state index in [4.69, 9.17) is 18.9 Å². The first-order valence-corrected chi connectivity index (χ1v) is 8.01. The molecule has 0 bridgehead atoms. The number of nitrogens with zero attached hydrogens (tertiary/aromatic N) is 1. The average molecular weight is 384 g/mol. The quantitative estimate of drug-likeness (QED) is 0.512. The highest BCUT2D eigenvalue weighted by Crippen LogP contribution is 2.42. The van der Waals surface area contributed by atoms with E-state index in [1.807, 2.05) is 0 Å². The van der Waals surface area contributed by atoms with E-state index in [-0.39, 0.29) is 6.61 Å². The highest BCUT2D eigenvalue weighted by molar-refractivity contribution is 5.68. The van der Waals surface area contributed by atoms with E-state index >= 15 is 0 Å². The summed E-state index contributed by atoms with van der Waals surface area (Å²) in [5, 5.41) is 0. The molecule has 11 nitrogen and oxygen atoms in total. The number of aromatic amines is 1. The maximum atomic E-state index is 12.2. The third-order valence-corrected chi connectivity index (χ3v) is 3.91. The van der Waals surface area contributed by atoms with Crippen LogP contribution in [0, 0.1) is 0 Å². The van der Waals surface area contributed by atoms with Gasteiger partial charge in [-0.05, 0) is 6.92 Å². The van der Waals surface area contributed by atoms with Crippen molar-refractivity contribution in [2.24, 2.45) is 0 Å². The van der Waals surface area contributed by atoms with Crippen LogP contribution >= 0.6 is 0 Å². The molecule has 0 saturated carbocycles. The zero-order valence-corrected chi connectivity index (χ0v) is 15.2. The van der Waals surface area contributed by atoms with Crippen LogP contribution in [0.2, 0.25) is 0 Å². The molecule has 1 fully saturated rings. The summed E-state index contributed by atoms with van der Waals surface area (Å²) in [6.45, 7) is 4.58. The lowest BCUT2D eigenvalue weighted by atomic mass is 9.95. The molecular weight excluding hydrogens is 364 g/mol. The summed E-state index contributed by atoms with van der Waals surface area (Å²) in [7, 11) is 0. The number of hydrogen-bond donors (Lipinski definition) is 1. The summed E-state index contributed by atoms with van der Waals surface area (Å²) >= 11 is 0. The lowest BCUT2D eigenvalue weighted by Crippen LogP contribution is -2.51. The van der Waals surface area contributed by atoms with Crippen LogP contribution < -0.4 is 11.2 Å². The molecule has 1 aliphatic rings. The average Bonchev–Trinajstić information content (AvgIpc) is 2.77. The highest BCUT2D eigenvalue weighted by Gasteiger charge is 2.60. The van der Waals surface area contributed by atoms with Gasteiger partial charge in [0.1, 0.15) is 12.7 Å². The van der Waals surface area contributed by atoms with Gasteiger partial charge in [-0.25, -0.2) is 4.79 Å². The van der Waals surface area contributed by atoms with Crippen LogP contribution in [0.3, 0.4) is 0 Å². The molecule has 3 unspecified atom stereocenters. The van der Waals surface area contributed by atoms with Gasteiger partial charge in [-0.15, -0.1) is 0 Å². The molecular formula is C16H20N2O9. The SMILES string of the molecule is CC(=O)OCC1OC(n2ccc(=O)[nH]c2=O)[C@](C)(OC(C)=O)C1OC(C)=O. The van der Waals surface area contributed by atoms with Crippen LogP contribution in [-0.2, 0) is 33.3 Å². The van der Waals surface area contributed by atoms with Gasteiger partial charge in [0.25, 0.3) is 5.56 Å². The summed E-state index contributed by atoms with van der Waals surface area (Å²) < 4.78 is 22.3. The first-order chi connectivity index (χ1) is 12.5. The second kappa shape index (κ2) is 7.74. The van der Waals surface area contributed by atoms with Crippen molar-refractivity contribution in [1.29, 1.82) is 0 Å². The van der Waals surface area contributed by atoms with E-state index in [0.29, 0.717) is 0 Å². The van der Waals surface area contributed by atoms with E-state index in [1.54, 1.807) is 0 Å². The van der Waals surface area contributed by atoms with Crippen molar-refractivity contribution in [2.75, 3.05) is 6.61 Å². The Morgan fingerprint density at radius 3 is 2.37 bits per heavy atom. The summed E-state index contributed by atoms with van der Waals surface area (Å²) in [4.78, 5) is 60.0. The largest absolute Gasteiger partial charge is 0.463 e. The van der Waals surface area contributed by atoms with Gasteiger partial charge in [0.05, 0.1) is 0 Å². The standard InChI is InChI=1S/C16H20N2O9/c1-8(19)24-7-11-13(25-9(2)20)16(4,27-10(3)21)14(26-11)18-6-5-12(22)17-15(18)23/h5-6,11,13-14H,7H2,1-4H3,(H,17,22,23)/t11?,13?,14?,16-/m1/s1. The lowest BCUT2D eigenvalue weighted by molar-refractivity contribution is -0.185. The van der Waals surface area contributed by atoms with Crippen LogP contribution in [0.4, 0.5) is 0 Å². The summed E-state index contributed by atoms with van der Waals surface area (Å²) in [6, 6.07) is 1.08. The molecule has 1 aromatic rings. The van der Waals surface area contributed by atoms with Gasteiger partial charge in [0, 0.05) is 33.0 Å². The Hall–Kier alpha value is -2.95. The normalized spacial score (nSPS) is 27.0. The predicted molar refractivity (Wildman–Crippen MR) is 87.6 cm³/mol. The van der Waals surface area contributed by atoms with E-state index in [1.165, 1.54) is 13.8 Å². The topological polar surface area (TPSA) is 143 Å². The van der Waals surface area contributed by atoms with Gasteiger partial charge in [0.15, 0.2) is 17.9 Å². The van der Waals surface area contributed by atoms with Crippen molar-refractivity contribution in [1.82, 2.24) is 9.55 Å². The Kier molecular flexibility index (Phi) is 5.84. The fourth-order valence-corrected chi connectivity index (χ4v) is 2.95. The van der Waals surface area contributed by atoms with Crippen molar-refractivity contribution < 1.29 is 33.3 Å². The Morgan fingerprint density at radius 1 is 1.19 bits per heavy atom. The van der Waals surface area contributed by atoms with Crippen molar-refractivity contribution in [2.45, 2.75) is 51.7 Å². The minimum atomic E-state index is -1.63. The van der Waals surface area contributed by atoms with E-state index in [9.17, 15) is 24.0 Å². The summed E-state index contributed by atoms with van der Waals surface area (Å²) in [5.41, 5.74) is -3.08. The zero-order chi connectivity index (χ0) is 20.4. The molecule has 27 heavy (non-hydrogen) atoms. The molecule has 1 aliphatic heterocycles. The molecule has 1 aromatic heterocycles. The molecule has 0 spiro atoms. The monoisotopic (exact) mass is 384 g/mol. The Morgan fingerprint density at radius 2 is 1.85 bits per heavy atom. The van der Waals surface area contributed by atoms with E-state index in [2.05, 4.69) is 4.98 Å². The van der Waals surface area contributed by atoms with E-state index in [0.717, 1.165) is 30.7 Å². The number of ether oxygens (including phenoxy) is 4. The number of carbonyl (C=O) groups is 3. The van der Waals surface area contributed by atoms with Crippen molar-refractivity contribution in [3.8, 4) is 0 Å².